The summed E-state index contributed by atoms with van der Waals surface area (Å²) in [6, 6.07) is 3.72. The van der Waals surface area contributed by atoms with E-state index in [4.69, 9.17) is 9.47 Å². The Balaban J connectivity index is 1.80. The lowest BCUT2D eigenvalue weighted by molar-refractivity contribution is -0.137. The maximum absolute atomic E-state index is 13.3. The monoisotopic (exact) mass is 489 g/mol. The zero-order chi connectivity index (χ0) is 25.8. The Labute approximate surface area is 198 Å². The number of nitrogens with one attached hydrogen (secondary N) is 2. The molecule has 0 bridgehead atoms. The normalized spacial score (nSPS) is 11.1. The highest BCUT2D eigenvalue weighted by molar-refractivity contribution is 6.01. The van der Waals surface area contributed by atoms with Crippen LogP contribution >= 0.6 is 0 Å². The molecule has 1 aromatic carbocycles. The number of amides is 2. The van der Waals surface area contributed by atoms with Crippen LogP contribution in [-0.4, -0.2) is 40.5 Å². The average Bonchev–Trinajstić information content (AvgIpc) is 2.80. The van der Waals surface area contributed by atoms with Gasteiger partial charge in [-0.25, -0.2) is 19.7 Å². The molecule has 0 unspecified atom stereocenters. The van der Waals surface area contributed by atoms with Crippen molar-refractivity contribution < 1.29 is 32.2 Å². The predicted molar refractivity (Wildman–Crippen MR) is 122 cm³/mol. The van der Waals surface area contributed by atoms with Gasteiger partial charge in [0.05, 0.1) is 42.4 Å². The lowest BCUT2D eigenvalue weighted by atomic mass is 10.0. The molecule has 2 amide bonds. The number of methoxy groups -OCH3 is 1. The molecule has 0 aliphatic heterocycles. The van der Waals surface area contributed by atoms with Gasteiger partial charge in [0.1, 0.15) is 5.75 Å². The number of alkyl halides is 3. The van der Waals surface area contributed by atoms with Crippen LogP contribution in [0.15, 0.2) is 36.7 Å². The first-order chi connectivity index (χ1) is 16.5. The van der Waals surface area contributed by atoms with Gasteiger partial charge in [0.2, 0.25) is 5.88 Å². The number of anilines is 2. The van der Waals surface area contributed by atoms with E-state index in [1.807, 2.05) is 6.92 Å². The van der Waals surface area contributed by atoms with Gasteiger partial charge in [-0.2, -0.15) is 13.2 Å². The summed E-state index contributed by atoms with van der Waals surface area (Å²) in [5.74, 6) is 0.378. The minimum atomic E-state index is -4.76. The zero-order valence-corrected chi connectivity index (χ0v) is 19.3. The van der Waals surface area contributed by atoms with E-state index >= 15 is 0 Å². The third kappa shape index (κ3) is 6.02. The molecular formula is C23H22F3N5O4. The van der Waals surface area contributed by atoms with Gasteiger partial charge in [-0.15, -0.1) is 0 Å². The Kier molecular flexibility index (Phi) is 7.52. The first kappa shape index (κ1) is 25.4. The van der Waals surface area contributed by atoms with Gasteiger partial charge in [-0.05, 0) is 39.0 Å². The Hall–Kier alpha value is -4.22. The van der Waals surface area contributed by atoms with E-state index < -0.39 is 29.1 Å². The molecule has 2 aromatic heterocycles. The zero-order valence-electron chi connectivity index (χ0n) is 19.3. The fraction of sp³-hybridized carbons (Fsp3) is 0.261. The van der Waals surface area contributed by atoms with Crippen LogP contribution in [0.2, 0.25) is 0 Å². The molecule has 3 aromatic rings. The van der Waals surface area contributed by atoms with Crippen molar-refractivity contribution in [2.45, 2.75) is 26.9 Å². The number of Topliss-reactive ketones (excluding diaryl/α,β-unsaturated/α-hetero) is 1. The SMILES string of the molecule is CCOc1cc(OC)ncc1-c1ncc(NC(=O)Nc2ccc(C(C)=O)c(C(F)(F)F)c2)c(C)n1. The molecule has 2 heterocycles. The number of urea groups is 1. The number of hydrogen-bond donors (Lipinski definition) is 2. The molecule has 0 aliphatic carbocycles. The summed E-state index contributed by atoms with van der Waals surface area (Å²) in [6.07, 6.45) is -1.90. The standard InChI is InChI=1S/C23H22F3N5O4/c1-5-35-19-9-20(34-4)27-10-16(19)21-28-11-18(12(2)29-21)31-22(33)30-14-6-7-15(13(3)32)17(8-14)23(24,25)26/h6-11H,5H2,1-4H3,(H2,30,31,33). The molecule has 0 radical (unpaired) electrons. The molecule has 0 saturated heterocycles. The largest absolute Gasteiger partial charge is 0.493 e. The van der Waals surface area contributed by atoms with E-state index in [2.05, 4.69) is 25.6 Å². The molecule has 0 spiro atoms. The number of halogens is 3. The molecule has 35 heavy (non-hydrogen) atoms. The summed E-state index contributed by atoms with van der Waals surface area (Å²) in [5.41, 5.74) is -0.612. The molecule has 0 fully saturated rings. The quantitative estimate of drug-likeness (QED) is 0.443. The predicted octanol–water partition coefficient (Wildman–Crippen LogP) is 5.12. The lowest BCUT2D eigenvalue weighted by Crippen LogP contribution is -2.21. The Morgan fingerprint density at radius 2 is 1.83 bits per heavy atom. The third-order valence-electron chi connectivity index (χ3n) is 4.78. The number of carbonyl (C=O) groups excluding carboxylic acids is 2. The van der Waals surface area contributed by atoms with Crippen LogP contribution in [0.25, 0.3) is 11.4 Å². The van der Waals surface area contributed by atoms with Crippen molar-refractivity contribution in [1.82, 2.24) is 15.0 Å². The van der Waals surface area contributed by atoms with Crippen LogP contribution in [0.1, 0.15) is 35.5 Å². The van der Waals surface area contributed by atoms with E-state index in [1.165, 1.54) is 25.6 Å². The third-order valence-corrected chi connectivity index (χ3v) is 4.78. The fourth-order valence-corrected chi connectivity index (χ4v) is 3.14. The molecule has 3 rings (SSSR count). The molecular weight excluding hydrogens is 467 g/mol. The first-order valence-corrected chi connectivity index (χ1v) is 10.3. The van der Waals surface area contributed by atoms with Gasteiger partial charge in [-0.1, -0.05) is 0 Å². The fourth-order valence-electron chi connectivity index (χ4n) is 3.14. The van der Waals surface area contributed by atoms with Gasteiger partial charge in [0, 0.05) is 23.5 Å². The molecule has 0 saturated carbocycles. The summed E-state index contributed by atoms with van der Waals surface area (Å²) in [6.45, 7) is 4.87. The number of hydrogen-bond acceptors (Lipinski definition) is 7. The van der Waals surface area contributed by atoms with Gasteiger partial charge >= 0.3 is 12.2 Å². The van der Waals surface area contributed by atoms with Crippen molar-refractivity contribution in [1.29, 1.82) is 0 Å². The summed E-state index contributed by atoms with van der Waals surface area (Å²) >= 11 is 0. The Morgan fingerprint density at radius 1 is 1.09 bits per heavy atom. The number of carbonyl (C=O) groups is 2. The van der Waals surface area contributed by atoms with Crippen LogP contribution in [0, 0.1) is 6.92 Å². The van der Waals surface area contributed by atoms with Gasteiger partial charge < -0.3 is 20.1 Å². The van der Waals surface area contributed by atoms with Gasteiger partial charge in [0.25, 0.3) is 0 Å². The molecule has 0 atom stereocenters. The second-order valence-electron chi connectivity index (χ2n) is 7.24. The number of rotatable bonds is 7. The van der Waals surface area contributed by atoms with Crippen molar-refractivity contribution in [3.05, 3.63) is 53.5 Å². The topological polar surface area (TPSA) is 115 Å². The van der Waals surface area contributed by atoms with Crippen molar-refractivity contribution in [2.75, 3.05) is 24.4 Å². The van der Waals surface area contributed by atoms with Crippen molar-refractivity contribution in [3.8, 4) is 23.0 Å². The number of aromatic nitrogens is 3. The van der Waals surface area contributed by atoms with Crippen LogP contribution in [0.5, 0.6) is 11.6 Å². The molecule has 0 aliphatic rings. The summed E-state index contributed by atoms with van der Waals surface area (Å²) < 4.78 is 50.6. The van der Waals surface area contributed by atoms with E-state index in [0.29, 0.717) is 41.4 Å². The molecule has 12 heteroatoms. The number of pyridine rings is 1. The van der Waals surface area contributed by atoms with Crippen molar-refractivity contribution >= 4 is 23.2 Å². The molecule has 2 N–H and O–H groups in total. The number of benzene rings is 1. The first-order valence-electron chi connectivity index (χ1n) is 10.3. The lowest BCUT2D eigenvalue weighted by Gasteiger charge is -2.15. The summed E-state index contributed by atoms with van der Waals surface area (Å²) in [5, 5.41) is 4.82. The van der Waals surface area contributed by atoms with Gasteiger partial charge in [-0.3, -0.25) is 4.79 Å². The molecule has 184 valence electrons. The minimum Gasteiger partial charge on any atom is -0.493 e. The Bertz CT molecular complexity index is 1260. The number of ether oxygens (including phenoxy) is 2. The number of aryl methyl sites for hydroxylation is 1. The van der Waals surface area contributed by atoms with E-state index in [9.17, 15) is 22.8 Å². The highest BCUT2D eigenvalue weighted by Crippen LogP contribution is 2.34. The number of nitrogens with zero attached hydrogens (tertiary/aromatic N) is 3. The second kappa shape index (κ2) is 10.4. The maximum atomic E-state index is 13.3. The van der Waals surface area contributed by atoms with Gasteiger partial charge in [0.15, 0.2) is 11.6 Å². The maximum Gasteiger partial charge on any atom is 0.417 e. The van der Waals surface area contributed by atoms with Crippen LogP contribution in [0.4, 0.5) is 29.3 Å². The molecule has 9 nitrogen and oxygen atoms in total. The van der Waals surface area contributed by atoms with E-state index in [-0.39, 0.29) is 11.4 Å². The minimum absolute atomic E-state index is 0.138. The van der Waals surface area contributed by atoms with E-state index in [1.54, 1.807) is 13.0 Å². The van der Waals surface area contributed by atoms with Crippen molar-refractivity contribution in [3.63, 3.8) is 0 Å². The smallest absolute Gasteiger partial charge is 0.417 e. The summed E-state index contributed by atoms with van der Waals surface area (Å²) in [4.78, 5) is 36.7. The summed E-state index contributed by atoms with van der Waals surface area (Å²) in [7, 11) is 1.48. The average molecular weight is 489 g/mol. The second-order valence-corrected chi connectivity index (χ2v) is 7.24. The highest BCUT2D eigenvalue weighted by atomic mass is 19.4. The van der Waals surface area contributed by atoms with Crippen molar-refractivity contribution in [2.24, 2.45) is 0 Å². The van der Waals surface area contributed by atoms with Crippen LogP contribution in [-0.2, 0) is 6.18 Å². The number of ketones is 1. The van der Waals surface area contributed by atoms with Crippen LogP contribution in [0.3, 0.4) is 0 Å². The van der Waals surface area contributed by atoms with E-state index in [0.717, 1.165) is 13.0 Å². The van der Waals surface area contributed by atoms with Crippen LogP contribution < -0.4 is 20.1 Å². The Morgan fingerprint density at radius 3 is 2.43 bits per heavy atom. The highest BCUT2D eigenvalue weighted by Gasteiger charge is 2.34.